The minimum atomic E-state index is -0.860. The summed E-state index contributed by atoms with van der Waals surface area (Å²) in [6.07, 6.45) is 0. The molecule has 2 heterocycles. The summed E-state index contributed by atoms with van der Waals surface area (Å²) in [7, 11) is 0. The van der Waals surface area contributed by atoms with Gasteiger partial charge in [-0.05, 0) is 29.6 Å². The molecule has 20 heavy (non-hydrogen) atoms. The van der Waals surface area contributed by atoms with E-state index in [2.05, 4.69) is 11.1 Å². The van der Waals surface area contributed by atoms with Crippen LogP contribution in [0.4, 0.5) is 0 Å². The van der Waals surface area contributed by atoms with Gasteiger partial charge >= 0.3 is 0 Å². The van der Waals surface area contributed by atoms with Gasteiger partial charge in [-0.3, -0.25) is 4.79 Å². The molecule has 2 aromatic heterocycles. The molecule has 0 unspecified atom stereocenters. The minimum Gasteiger partial charge on any atom is -0.292 e. The average molecular weight is 319 g/mol. The van der Waals surface area contributed by atoms with Gasteiger partial charge < -0.3 is 0 Å². The van der Waals surface area contributed by atoms with Crippen LogP contribution < -0.4 is 0 Å². The lowest BCUT2D eigenvalue weighted by Crippen LogP contribution is -2.09. The van der Waals surface area contributed by atoms with E-state index in [1.54, 1.807) is 23.6 Å². The van der Waals surface area contributed by atoms with E-state index in [1.807, 2.05) is 11.4 Å². The molecule has 0 saturated heterocycles. The Morgan fingerprint density at radius 3 is 2.95 bits per heavy atom. The van der Waals surface area contributed by atoms with E-state index in [9.17, 15) is 10.1 Å². The Morgan fingerprint density at radius 1 is 1.40 bits per heavy atom. The first kappa shape index (κ1) is 13.3. The van der Waals surface area contributed by atoms with Crippen LogP contribution in [0.15, 0.2) is 35.0 Å². The van der Waals surface area contributed by atoms with Crippen molar-refractivity contribution >= 4 is 50.3 Å². The van der Waals surface area contributed by atoms with E-state index >= 15 is 0 Å². The minimum absolute atomic E-state index is 0.209. The second-order valence-corrected chi connectivity index (χ2v) is 6.38. The van der Waals surface area contributed by atoms with Gasteiger partial charge in [-0.25, -0.2) is 4.98 Å². The van der Waals surface area contributed by atoms with Gasteiger partial charge in [-0.2, -0.15) is 16.6 Å². The fraction of sp³-hybridized carbons (Fsp3) is 0.0714. The number of Topliss-reactive ketones (excluding diaryl/α,β-unsaturated/α-hetero) is 1. The van der Waals surface area contributed by atoms with Crippen molar-refractivity contribution in [2.24, 2.45) is 0 Å². The molecule has 1 aromatic carbocycles. The highest BCUT2D eigenvalue weighted by atomic mass is 35.5. The Labute approximate surface area is 128 Å². The van der Waals surface area contributed by atoms with Crippen LogP contribution in [-0.2, 0) is 0 Å². The van der Waals surface area contributed by atoms with Crippen molar-refractivity contribution < 1.29 is 4.79 Å². The van der Waals surface area contributed by atoms with Crippen molar-refractivity contribution in [1.29, 1.82) is 5.26 Å². The Hall–Kier alpha value is -1.74. The zero-order valence-corrected chi connectivity index (χ0v) is 12.4. The molecule has 1 atom stereocenters. The Kier molecular flexibility index (Phi) is 3.53. The highest BCUT2D eigenvalue weighted by molar-refractivity contribution is 7.18. The maximum Gasteiger partial charge on any atom is 0.187 e. The number of rotatable bonds is 3. The van der Waals surface area contributed by atoms with Gasteiger partial charge in [0, 0.05) is 16.0 Å². The molecule has 0 radical (unpaired) electrons. The molecule has 0 N–H and O–H groups in total. The van der Waals surface area contributed by atoms with Gasteiger partial charge in [0.2, 0.25) is 0 Å². The molecule has 3 aromatic rings. The number of benzene rings is 1. The maximum atomic E-state index is 12.3. The lowest BCUT2D eigenvalue weighted by molar-refractivity contribution is 0.0979. The van der Waals surface area contributed by atoms with Gasteiger partial charge in [-0.15, -0.1) is 11.3 Å². The van der Waals surface area contributed by atoms with E-state index in [4.69, 9.17) is 11.6 Å². The third-order valence-electron chi connectivity index (χ3n) is 2.81. The molecule has 0 saturated carbocycles. The molecule has 98 valence electrons. The summed E-state index contributed by atoms with van der Waals surface area (Å²) in [6.45, 7) is 0. The fourth-order valence-electron chi connectivity index (χ4n) is 1.84. The van der Waals surface area contributed by atoms with Crippen LogP contribution in [0.1, 0.15) is 21.3 Å². The van der Waals surface area contributed by atoms with Crippen molar-refractivity contribution in [2.75, 3.05) is 0 Å². The number of ketones is 1. The summed E-state index contributed by atoms with van der Waals surface area (Å²) in [5.41, 5.74) is 1.27. The number of hydrogen-bond acceptors (Lipinski definition) is 5. The van der Waals surface area contributed by atoms with Crippen LogP contribution in [-0.4, -0.2) is 10.8 Å². The summed E-state index contributed by atoms with van der Waals surface area (Å²) in [4.78, 5) is 16.7. The number of hydrogen-bond donors (Lipinski definition) is 0. The Morgan fingerprint density at radius 2 is 2.25 bits per heavy atom. The molecule has 0 bridgehead atoms. The topological polar surface area (TPSA) is 53.8 Å². The van der Waals surface area contributed by atoms with Crippen LogP contribution in [0.25, 0.3) is 10.2 Å². The van der Waals surface area contributed by atoms with E-state index < -0.39 is 5.92 Å². The van der Waals surface area contributed by atoms with Gasteiger partial charge in [0.25, 0.3) is 0 Å². The molecule has 3 rings (SSSR count). The SMILES string of the molecule is N#C[C@H](C(=O)c1ccsc1)c1nc2cc(Cl)ccc2s1. The molecule has 0 aliphatic rings. The second-order valence-electron chi connectivity index (χ2n) is 4.10. The standard InChI is InChI=1S/C14H7ClN2OS2/c15-9-1-2-12-11(5-9)17-14(20-12)10(6-16)13(18)8-3-4-19-7-8/h1-5,7,10H/t10-/m1/s1. The summed E-state index contributed by atoms with van der Waals surface area (Å²) in [5, 5.41) is 14.0. The van der Waals surface area contributed by atoms with Gasteiger partial charge in [0.05, 0.1) is 16.3 Å². The van der Waals surface area contributed by atoms with E-state index in [0.29, 0.717) is 15.6 Å². The van der Waals surface area contributed by atoms with Crippen LogP contribution >= 0.6 is 34.3 Å². The zero-order chi connectivity index (χ0) is 14.1. The molecule has 0 fully saturated rings. The first-order chi connectivity index (χ1) is 9.69. The number of carbonyl (C=O) groups is 1. The third kappa shape index (κ3) is 2.34. The number of fused-ring (bicyclic) bond motifs is 1. The number of aromatic nitrogens is 1. The highest BCUT2D eigenvalue weighted by Gasteiger charge is 2.25. The number of nitriles is 1. The molecular weight excluding hydrogens is 312 g/mol. The van der Waals surface area contributed by atoms with Crippen molar-refractivity contribution in [3.05, 3.63) is 50.6 Å². The molecule has 0 amide bonds. The first-order valence-corrected chi connectivity index (χ1v) is 7.85. The molecule has 3 nitrogen and oxygen atoms in total. The largest absolute Gasteiger partial charge is 0.292 e. The van der Waals surface area contributed by atoms with Gasteiger partial charge in [0.1, 0.15) is 5.01 Å². The number of halogens is 1. The van der Waals surface area contributed by atoms with Crippen LogP contribution in [0, 0.1) is 11.3 Å². The summed E-state index contributed by atoms with van der Waals surface area (Å²) in [5.74, 6) is -1.07. The Bertz CT molecular complexity index is 817. The highest BCUT2D eigenvalue weighted by Crippen LogP contribution is 2.31. The monoisotopic (exact) mass is 318 g/mol. The van der Waals surface area contributed by atoms with Crippen molar-refractivity contribution in [3.8, 4) is 6.07 Å². The molecular formula is C14H7ClN2OS2. The van der Waals surface area contributed by atoms with Crippen molar-refractivity contribution in [2.45, 2.75) is 5.92 Å². The summed E-state index contributed by atoms with van der Waals surface area (Å²) < 4.78 is 0.919. The van der Waals surface area contributed by atoms with E-state index in [-0.39, 0.29) is 5.78 Å². The van der Waals surface area contributed by atoms with Crippen LogP contribution in [0.3, 0.4) is 0 Å². The summed E-state index contributed by atoms with van der Waals surface area (Å²) >= 11 is 8.71. The van der Waals surface area contributed by atoms with E-state index in [1.165, 1.54) is 22.7 Å². The number of thiophene rings is 1. The lowest BCUT2D eigenvalue weighted by atomic mass is 10.0. The Balaban J connectivity index is 2.04. The van der Waals surface area contributed by atoms with Crippen molar-refractivity contribution in [1.82, 2.24) is 4.98 Å². The quantitative estimate of drug-likeness (QED) is 0.668. The molecule has 6 heteroatoms. The van der Waals surface area contributed by atoms with Crippen LogP contribution in [0.2, 0.25) is 5.02 Å². The number of carbonyl (C=O) groups excluding carboxylic acids is 1. The van der Waals surface area contributed by atoms with E-state index in [0.717, 1.165) is 10.2 Å². The average Bonchev–Trinajstić information content (AvgIpc) is 3.07. The molecule has 0 aliphatic carbocycles. The maximum absolute atomic E-state index is 12.3. The molecule has 0 aliphatic heterocycles. The number of nitrogens with zero attached hydrogens (tertiary/aromatic N) is 2. The second kappa shape index (κ2) is 5.33. The summed E-state index contributed by atoms with van der Waals surface area (Å²) in [6, 6.07) is 9.13. The van der Waals surface area contributed by atoms with Gasteiger partial charge in [0.15, 0.2) is 11.7 Å². The zero-order valence-electron chi connectivity index (χ0n) is 10.0. The normalized spacial score (nSPS) is 12.2. The number of thiazole rings is 1. The smallest absolute Gasteiger partial charge is 0.187 e. The van der Waals surface area contributed by atoms with Gasteiger partial charge in [-0.1, -0.05) is 11.6 Å². The predicted molar refractivity (Wildman–Crippen MR) is 81.6 cm³/mol. The van der Waals surface area contributed by atoms with Crippen LogP contribution in [0.5, 0.6) is 0 Å². The first-order valence-electron chi connectivity index (χ1n) is 5.71. The van der Waals surface area contributed by atoms with Crippen molar-refractivity contribution in [3.63, 3.8) is 0 Å². The fourth-order valence-corrected chi connectivity index (χ4v) is 3.64. The predicted octanol–water partition coefficient (Wildman–Crippen LogP) is 4.50. The molecule has 0 spiro atoms. The lowest BCUT2D eigenvalue weighted by Gasteiger charge is -2.02. The third-order valence-corrected chi connectivity index (χ3v) is 4.83.